The molecule has 0 saturated heterocycles. The van der Waals surface area contributed by atoms with E-state index in [1.54, 1.807) is 27.7 Å². The molecule has 0 heterocycles. The van der Waals surface area contributed by atoms with Gasteiger partial charge in [-0.3, -0.25) is 0 Å². The summed E-state index contributed by atoms with van der Waals surface area (Å²) in [5.41, 5.74) is -0.586. The maximum absolute atomic E-state index is 11.2. The van der Waals surface area contributed by atoms with Crippen LogP contribution in [0.2, 0.25) is 0 Å². The molecule has 1 unspecified atom stereocenters. The largest absolute Gasteiger partial charge is 0.509 e. The van der Waals surface area contributed by atoms with Crippen molar-refractivity contribution in [3.05, 3.63) is 0 Å². The highest BCUT2D eigenvalue weighted by Crippen LogP contribution is 2.06. The van der Waals surface area contributed by atoms with Gasteiger partial charge in [-0.05, 0) is 40.5 Å². The molecule has 0 saturated carbocycles. The number of ether oxygens (including phenoxy) is 3. The van der Waals surface area contributed by atoms with Gasteiger partial charge in [0.25, 0.3) is 0 Å². The first-order valence-electron chi connectivity index (χ1n) is 5.32. The van der Waals surface area contributed by atoms with E-state index in [1.807, 2.05) is 0 Å². The molecular formula is C12H18O5. The summed E-state index contributed by atoms with van der Waals surface area (Å²) in [6.45, 7) is 8.65. The molecule has 0 fully saturated rings. The highest BCUT2D eigenvalue weighted by molar-refractivity contribution is 5.88. The van der Waals surface area contributed by atoms with E-state index in [9.17, 15) is 9.59 Å². The second-order valence-electron chi connectivity index (χ2n) is 4.21. The summed E-state index contributed by atoms with van der Waals surface area (Å²) < 4.78 is 14.2. The van der Waals surface area contributed by atoms with Gasteiger partial charge in [-0.15, -0.1) is 0 Å². The van der Waals surface area contributed by atoms with Crippen LogP contribution in [0.25, 0.3) is 0 Å². The summed E-state index contributed by atoms with van der Waals surface area (Å²) in [7, 11) is 0. The third kappa shape index (κ3) is 9.24. The standard InChI is InChI=1S/C12H18O5/c1-6-15-11(14)16-9(2)7-8-10(13)17-12(3,4)5/h9H,6H2,1-5H3. The fraction of sp³-hybridized carbons (Fsp3) is 0.667. The third-order valence-corrected chi connectivity index (χ3v) is 1.31. The average molecular weight is 242 g/mol. The fourth-order valence-electron chi connectivity index (χ4n) is 0.790. The Morgan fingerprint density at radius 1 is 1.29 bits per heavy atom. The monoisotopic (exact) mass is 242 g/mol. The van der Waals surface area contributed by atoms with Crippen LogP contribution in [-0.4, -0.2) is 30.4 Å². The molecule has 0 rings (SSSR count). The van der Waals surface area contributed by atoms with Crippen molar-refractivity contribution in [1.29, 1.82) is 0 Å². The molecule has 1 atom stereocenters. The summed E-state index contributed by atoms with van der Waals surface area (Å²) in [5.74, 6) is 4.03. The van der Waals surface area contributed by atoms with Gasteiger partial charge in [0, 0.05) is 5.92 Å². The van der Waals surface area contributed by atoms with Crippen LogP contribution in [0.15, 0.2) is 0 Å². The summed E-state index contributed by atoms with van der Waals surface area (Å²) in [5, 5.41) is 0. The van der Waals surface area contributed by atoms with E-state index in [0.717, 1.165) is 0 Å². The summed E-state index contributed by atoms with van der Waals surface area (Å²) in [6.07, 6.45) is -1.53. The van der Waals surface area contributed by atoms with Gasteiger partial charge >= 0.3 is 12.1 Å². The molecule has 5 heteroatoms. The van der Waals surface area contributed by atoms with Crippen LogP contribution in [0.3, 0.4) is 0 Å². The van der Waals surface area contributed by atoms with Crippen LogP contribution in [0.1, 0.15) is 34.6 Å². The number of carbonyl (C=O) groups excluding carboxylic acids is 2. The van der Waals surface area contributed by atoms with E-state index in [2.05, 4.69) is 16.6 Å². The van der Waals surface area contributed by atoms with E-state index >= 15 is 0 Å². The van der Waals surface area contributed by atoms with Gasteiger partial charge in [0.15, 0.2) is 6.10 Å². The molecule has 0 bridgehead atoms. The molecule has 0 radical (unpaired) electrons. The molecule has 0 aromatic heterocycles. The molecule has 5 nitrogen and oxygen atoms in total. The Balaban J connectivity index is 4.16. The van der Waals surface area contributed by atoms with Crippen molar-refractivity contribution in [2.75, 3.05) is 6.61 Å². The normalized spacial score (nSPS) is 11.8. The van der Waals surface area contributed by atoms with E-state index in [-0.39, 0.29) is 6.61 Å². The van der Waals surface area contributed by atoms with Gasteiger partial charge < -0.3 is 14.2 Å². The van der Waals surface area contributed by atoms with Gasteiger partial charge in [0.1, 0.15) is 5.60 Å². The zero-order chi connectivity index (χ0) is 13.5. The molecular weight excluding hydrogens is 224 g/mol. The van der Waals surface area contributed by atoms with Crippen LogP contribution in [0.4, 0.5) is 4.79 Å². The Hall–Kier alpha value is -1.70. The van der Waals surface area contributed by atoms with Crippen molar-refractivity contribution in [3.8, 4) is 11.8 Å². The summed E-state index contributed by atoms with van der Waals surface area (Å²) in [4.78, 5) is 22.1. The maximum Gasteiger partial charge on any atom is 0.509 e. The molecule has 0 aliphatic rings. The molecule has 0 aromatic rings. The minimum Gasteiger partial charge on any atom is -0.450 e. The maximum atomic E-state index is 11.2. The lowest BCUT2D eigenvalue weighted by Gasteiger charge is -2.17. The first kappa shape index (κ1) is 15.3. The van der Waals surface area contributed by atoms with Crippen LogP contribution in [0, 0.1) is 11.8 Å². The number of rotatable bonds is 2. The van der Waals surface area contributed by atoms with E-state index in [4.69, 9.17) is 9.47 Å². The number of carbonyl (C=O) groups is 2. The molecule has 0 aliphatic carbocycles. The molecule has 0 spiro atoms. The van der Waals surface area contributed by atoms with Crippen molar-refractivity contribution in [3.63, 3.8) is 0 Å². The molecule has 0 aromatic carbocycles. The lowest BCUT2D eigenvalue weighted by Crippen LogP contribution is -2.23. The smallest absolute Gasteiger partial charge is 0.450 e. The molecule has 96 valence electrons. The summed E-state index contributed by atoms with van der Waals surface area (Å²) in [6, 6.07) is 0. The van der Waals surface area contributed by atoms with Crippen molar-refractivity contribution in [2.45, 2.75) is 46.3 Å². The Kier molecular flexibility index (Phi) is 6.11. The number of esters is 1. The SMILES string of the molecule is CCOC(=O)OC(C)C#CC(=O)OC(C)(C)C. The second-order valence-corrected chi connectivity index (χ2v) is 4.21. The molecule has 0 amide bonds. The number of hydrogen-bond acceptors (Lipinski definition) is 5. The van der Waals surface area contributed by atoms with Gasteiger partial charge in [0.05, 0.1) is 6.61 Å². The Bertz CT molecular complexity index is 329. The van der Waals surface area contributed by atoms with Gasteiger partial charge in [0.2, 0.25) is 0 Å². The van der Waals surface area contributed by atoms with Gasteiger partial charge in [-0.2, -0.15) is 0 Å². The zero-order valence-electron chi connectivity index (χ0n) is 10.8. The van der Waals surface area contributed by atoms with Crippen molar-refractivity contribution >= 4 is 12.1 Å². The first-order valence-corrected chi connectivity index (χ1v) is 5.32. The van der Waals surface area contributed by atoms with Gasteiger partial charge in [-0.1, -0.05) is 0 Å². The molecule has 17 heavy (non-hydrogen) atoms. The lowest BCUT2D eigenvalue weighted by molar-refractivity contribution is -0.147. The third-order valence-electron chi connectivity index (χ3n) is 1.31. The van der Waals surface area contributed by atoms with Crippen LogP contribution >= 0.6 is 0 Å². The minimum atomic E-state index is -0.807. The molecule has 0 aliphatic heterocycles. The number of hydrogen-bond donors (Lipinski definition) is 0. The Morgan fingerprint density at radius 3 is 2.35 bits per heavy atom. The fourth-order valence-corrected chi connectivity index (χ4v) is 0.790. The second kappa shape index (κ2) is 6.79. The first-order chi connectivity index (χ1) is 7.74. The van der Waals surface area contributed by atoms with Gasteiger partial charge in [-0.25, -0.2) is 9.59 Å². The average Bonchev–Trinajstić information content (AvgIpc) is 2.12. The topological polar surface area (TPSA) is 61.8 Å². The Labute approximate surface area is 101 Å². The van der Waals surface area contributed by atoms with Crippen LogP contribution < -0.4 is 0 Å². The quantitative estimate of drug-likeness (QED) is 0.420. The van der Waals surface area contributed by atoms with E-state index in [1.165, 1.54) is 6.92 Å². The van der Waals surface area contributed by atoms with Crippen LogP contribution in [-0.2, 0) is 19.0 Å². The highest BCUT2D eigenvalue weighted by atomic mass is 16.7. The van der Waals surface area contributed by atoms with Crippen molar-refractivity contribution < 1.29 is 23.8 Å². The van der Waals surface area contributed by atoms with E-state index < -0.39 is 23.8 Å². The van der Waals surface area contributed by atoms with Crippen molar-refractivity contribution in [2.24, 2.45) is 0 Å². The highest BCUT2D eigenvalue weighted by Gasteiger charge is 2.14. The predicted molar refractivity (Wildman–Crippen MR) is 61.2 cm³/mol. The van der Waals surface area contributed by atoms with E-state index in [0.29, 0.717) is 0 Å². The predicted octanol–water partition coefficient (Wildman–Crippen LogP) is 1.89. The summed E-state index contributed by atoms with van der Waals surface area (Å²) >= 11 is 0. The van der Waals surface area contributed by atoms with Crippen molar-refractivity contribution in [1.82, 2.24) is 0 Å². The lowest BCUT2D eigenvalue weighted by atomic mass is 10.2. The van der Waals surface area contributed by atoms with Crippen LogP contribution in [0.5, 0.6) is 0 Å². The zero-order valence-corrected chi connectivity index (χ0v) is 10.8. The Morgan fingerprint density at radius 2 is 1.88 bits per heavy atom. The molecule has 0 N–H and O–H groups in total. The minimum absolute atomic E-state index is 0.227.